The second kappa shape index (κ2) is 3.83. The van der Waals surface area contributed by atoms with Crippen molar-refractivity contribution in [1.29, 1.82) is 0 Å². The molecule has 1 rings (SSSR count). The van der Waals surface area contributed by atoms with Crippen molar-refractivity contribution in [1.82, 2.24) is 0 Å². The molecule has 0 aliphatic carbocycles. The molecule has 1 aromatic carbocycles. The first-order valence-corrected chi connectivity index (χ1v) is 4.29. The Balaban J connectivity index is 3.01. The van der Waals surface area contributed by atoms with E-state index in [0.29, 0.717) is 5.56 Å². The van der Waals surface area contributed by atoms with Crippen LogP contribution in [-0.2, 0) is 16.6 Å². The summed E-state index contributed by atoms with van der Waals surface area (Å²) in [6, 6.07) is 4.59. The van der Waals surface area contributed by atoms with Gasteiger partial charge in [-0.15, -0.1) is 0 Å². The standard InChI is InChI=1S/C10H12F3NO/c1-9(14,15-2)7-3-5-8(6-4-7)10(11,12)13/h3-6H,14H2,1-2H3. The topological polar surface area (TPSA) is 35.2 Å². The quantitative estimate of drug-likeness (QED) is 0.775. The first-order valence-electron chi connectivity index (χ1n) is 4.29. The van der Waals surface area contributed by atoms with Crippen molar-refractivity contribution < 1.29 is 17.9 Å². The van der Waals surface area contributed by atoms with Gasteiger partial charge in [-0.05, 0) is 24.6 Å². The summed E-state index contributed by atoms with van der Waals surface area (Å²) < 4.78 is 41.7. The molecule has 0 radical (unpaired) electrons. The van der Waals surface area contributed by atoms with Gasteiger partial charge in [-0.1, -0.05) is 12.1 Å². The van der Waals surface area contributed by atoms with Crippen molar-refractivity contribution in [2.24, 2.45) is 5.73 Å². The molecular weight excluding hydrogens is 207 g/mol. The number of rotatable bonds is 2. The Morgan fingerprint density at radius 1 is 1.07 bits per heavy atom. The van der Waals surface area contributed by atoms with Crippen molar-refractivity contribution in [2.45, 2.75) is 18.8 Å². The molecule has 0 aliphatic heterocycles. The van der Waals surface area contributed by atoms with E-state index in [2.05, 4.69) is 0 Å². The number of halogens is 3. The van der Waals surface area contributed by atoms with Gasteiger partial charge in [0.2, 0.25) is 0 Å². The van der Waals surface area contributed by atoms with E-state index in [-0.39, 0.29) is 0 Å². The van der Waals surface area contributed by atoms with Gasteiger partial charge in [0, 0.05) is 7.11 Å². The largest absolute Gasteiger partial charge is 0.416 e. The third kappa shape index (κ3) is 2.70. The summed E-state index contributed by atoms with van der Waals surface area (Å²) in [5.41, 5.74) is 4.43. The molecule has 2 nitrogen and oxygen atoms in total. The third-order valence-electron chi connectivity index (χ3n) is 2.21. The van der Waals surface area contributed by atoms with Crippen molar-refractivity contribution in [3.05, 3.63) is 35.4 Å². The average molecular weight is 219 g/mol. The molecule has 0 amide bonds. The van der Waals surface area contributed by atoms with Gasteiger partial charge in [0.25, 0.3) is 0 Å². The maximum Gasteiger partial charge on any atom is 0.416 e. The van der Waals surface area contributed by atoms with E-state index < -0.39 is 17.5 Å². The Hall–Kier alpha value is -1.07. The number of benzene rings is 1. The second-order valence-electron chi connectivity index (χ2n) is 3.39. The summed E-state index contributed by atoms with van der Waals surface area (Å²) in [5, 5.41) is 0. The van der Waals surface area contributed by atoms with E-state index in [1.165, 1.54) is 19.2 Å². The normalized spacial score (nSPS) is 16.1. The lowest BCUT2D eigenvalue weighted by molar-refractivity contribution is -0.137. The fraction of sp³-hybridized carbons (Fsp3) is 0.400. The van der Waals surface area contributed by atoms with E-state index in [1.807, 2.05) is 0 Å². The molecule has 0 aliphatic rings. The number of hydrogen-bond acceptors (Lipinski definition) is 2. The number of methoxy groups -OCH3 is 1. The smallest absolute Gasteiger partial charge is 0.360 e. The van der Waals surface area contributed by atoms with Crippen molar-refractivity contribution in [3.8, 4) is 0 Å². The molecule has 0 saturated heterocycles. The fourth-order valence-electron chi connectivity index (χ4n) is 1.11. The van der Waals surface area contributed by atoms with Crippen LogP contribution in [0.2, 0.25) is 0 Å². The average Bonchev–Trinajstić information content (AvgIpc) is 2.17. The molecule has 1 aromatic rings. The minimum atomic E-state index is -4.32. The molecule has 0 fully saturated rings. The molecule has 84 valence electrons. The van der Waals surface area contributed by atoms with E-state index in [0.717, 1.165) is 12.1 Å². The predicted octanol–water partition coefficient (Wildman–Crippen LogP) is 2.48. The lowest BCUT2D eigenvalue weighted by atomic mass is 10.0. The Kier molecular flexibility index (Phi) is 3.06. The zero-order valence-electron chi connectivity index (χ0n) is 8.43. The van der Waals surface area contributed by atoms with E-state index in [1.54, 1.807) is 6.92 Å². The molecule has 0 spiro atoms. The van der Waals surface area contributed by atoms with Crippen LogP contribution in [0.25, 0.3) is 0 Å². The molecule has 1 unspecified atom stereocenters. The van der Waals surface area contributed by atoms with Crippen LogP contribution in [-0.4, -0.2) is 7.11 Å². The third-order valence-corrected chi connectivity index (χ3v) is 2.21. The minimum absolute atomic E-state index is 0.498. The number of alkyl halides is 3. The molecule has 0 bridgehead atoms. The summed E-state index contributed by atoms with van der Waals surface area (Å²) >= 11 is 0. The van der Waals surface area contributed by atoms with Crippen LogP contribution < -0.4 is 5.73 Å². The lowest BCUT2D eigenvalue weighted by Gasteiger charge is -2.23. The van der Waals surface area contributed by atoms with Crippen LogP contribution in [0.5, 0.6) is 0 Å². The maximum atomic E-state index is 12.2. The molecule has 2 N–H and O–H groups in total. The fourth-order valence-corrected chi connectivity index (χ4v) is 1.11. The van der Waals surface area contributed by atoms with Crippen molar-refractivity contribution >= 4 is 0 Å². The summed E-state index contributed by atoms with van der Waals surface area (Å²) in [5.74, 6) is 0. The first-order chi connectivity index (χ1) is 6.77. The molecule has 0 saturated carbocycles. The van der Waals surface area contributed by atoms with E-state index >= 15 is 0 Å². The molecule has 15 heavy (non-hydrogen) atoms. The predicted molar refractivity (Wildman–Crippen MR) is 50.0 cm³/mol. The molecule has 1 atom stereocenters. The van der Waals surface area contributed by atoms with Gasteiger partial charge < -0.3 is 4.74 Å². The van der Waals surface area contributed by atoms with Gasteiger partial charge in [0.15, 0.2) is 0 Å². The lowest BCUT2D eigenvalue weighted by Crippen LogP contribution is -2.34. The van der Waals surface area contributed by atoms with Crippen molar-refractivity contribution in [3.63, 3.8) is 0 Å². The SMILES string of the molecule is COC(C)(N)c1ccc(C(F)(F)F)cc1. The highest BCUT2D eigenvalue weighted by Crippen LogP contribution is 2.30. The summed E-state index contributed by atoms with van der Waals surface area (Å²) in [7, 11) is 1.40. The Morgan fingerprint density at radius 3 is 1.80 bits per heavy atom. The van der Waals surface area contributed by atoms with Gasteiger partial charge >= 0.3 is 6.18 Å². The van der Waals surface area contributed by atoms with Crippen LogP contribution in [0, 0.1) is 0 Å². The number of nitrogens with two attached hydrogens (primary N) is 1. The zero-order valence-corrected chi connectivity index (χ0v) is 8.43. The Labute approximate surface area is 85.8 Å². The van der Waals surface area contributed by atoms with Gasteiger partial charge in [-0.3, -0.25) is 5.73 Å². The summed E-state index contributed by atoms with van der Waals surface area (Å²) in [6.45, 7) is 1.58. The summed E-state index contributed by atoms with van der Waals surface area (Å²) in [6.07, 6.45) is -4.32. The van der Waals surface area contributed by atoms with Gasteiger partial charge in [-0.2, -0.15) is 13.2 Å². The number of hydrogen-bond donors (Lipinski definition) is 1. The molecule has 5 heteroatoms. The summed E-state index contributed by atoms with van der Waals surface area (Å²) in [4.78, 5) is 0. The first kappa shape index (κ1) is 12.0. The number of ether oxygens (including phenoxy) is 1. The zero-order chi connectivity index (χ0) is 11.7. The Bertz CT molecular complexity index is 330. The van der Waals surface area contributed by atoms with Crippen LogP contribution in [0.3, 0.4) is 0 Å². The van der Waals surface area contributed by atoms with Gasteiger partial charge in [0.05, 0.1) is 5.56 Å². The molecule has 0 heterocycles. The minimum Gasteiger partial charge on any atom is -0.360 e. The molecule has 0 aromatic heterocycles. The highest BCUT2D eigenvalue weighted by atomic mass is 19.4. The monoisotopic (exact) mass is 219 g/mol. The van der Waals surface area contributed by atoms with Crippen LogP contribution >= 0.6 is 0 Å². The Morgan fingerprint density at radius 2 is 1.47 bits per heavy atom. The molecular formula is C10H12F3NO. The van der Waals surface area contributed by atoms with Crippen LogP contribution in [0.15, 0.2) is 24.3 Å². The van der Waals surface area contributed by atoms with Gasteiger partial charge in [-0.25, -0.2) is 0 Å². The van der Waals surface area contributed by atoms with Crippen molar-refractivity contribution in [2.75, 3.05) is 7.11 Å². The maximum absolute atomic E-state index is 12.2. The second-order valence-corrected chi connectivity index (χ2v) is 3.39. The highest BCUT2D eigenvalue weighted by molar-refractivity contribution is 5.27. The van der Waals surface area contributed by atoms with Gasteiger partial charge in [0.1, 0.15) is 5.72 Å². The van der Waals surface area contributed by atoms with E-state index in [9.17, 15) is 13.2 Å². The van der Waals surface area contributed by atoms with Crippen LogP contribution in [0.1, 0.15) is 18.1 Å². The highest BCUT2D eigenvalue weighted by Gasteiger charge is 2.31. The van der Waals surface area contributed by atoms with Crippen LogP contribution in [0.4, 0.5) is 13.2 Å². The van der Waals surface area contributed by atoms with E-state index in [4.69, 9.17) is 10.5 Å².